The highest BCUT2D eigenvalue weighted by Gasteiger charge is 2.18. The third-order valence-corrected chi connectivity index (χ3v) is 5.63. The first-order chi connectivity index (χ1) is 16.3. The van der Waals surface area contributed by atoms with Gasteiger partial charge in [-0.05, 0) is 49.7 Å². The van der Waals surface area contributed by atoms with Gasteiger partial charge in [0.25, 0.3) is 5.56 Å². The molecule has 8 nitrogen and oxygen atoms in total. The van der Waals surface area contributed by atoms with Gasteiger partial charge in [-0.2, -0.15) is 5.10 Å². The number of halogens is 2. The number of fused-ring (bicyclic) bond motifs is 1. The van der Waals surface area contributed by atoms with Crippen molar-refractivity contribution in [1.82, 2.24) is 29.3 Å². The van der Waals surface area contributed by atoms with E-state index in [1.807, 2.05) is 35.9 Å². The van der Waals surface area contributed by atoms with Crippen LogP contribution in [0, 0.1) is 18.6 Å². The standard InChI is InChI=1S/C24H20F2N6O2/c1-13-11-31(12-27-13)20-5-4-15(8-21(20)34-3)23-29-19-10-28-32(24(33)22(19)30-23)14(2)16-6-17(25)9-18(26)7-16/h4-12,14H,1-3H3,(H,29,30). The summed E-state index contributed by atoms with van der Waals surface area (Å²) in [5, 5.41) is 4.19. The molecule has 0 fully saturated rings. The zero-order valence-electron chi connectivity index (χ0n) is 18.6. The molecule has 1 N–H and O–H groups in total. The maximum atomic E-state index is 13.7. The van der Waals surface area contributed by atoms with E-state index < -0.39 is 23.2 Å². The molecule has 3 aromatic heterocycles. The van der Waals surface area contributed by atoms with Crippen LogP contribution in [-0.4, -0.2) is 36.4 Å². The largest absolute Gasteiger partial charge is 0.495 e. The van der Waals surface area contributed by atoms with Gasteiger partial charge in [-0.3, -0.25) is 4.79 Å². The zero-order chi connectivity index (χ0) is 24.0. The first-order valence-electron chi connectivity index (χ1n) is 10.5. The van der Waals surface area contributed by atoms with Crippen LogP contribution in [0.1, 0.15) is 24.2 Å². The number of hydrogen-bond donors (Lipinski definition) is 1. The molecule has 0 saturated heterocycles. The van der Waals surface area contributed by atoms with Gasteiger partial charge < -0.3 is 14.3 Å². The lowest BCUT2D eigenvalue weighted by Gasteiger charge is -2.14. The topological polar surface area (TPSA) is 90.6 Å². The Labute approximate surface area is 192 Å². The lowest BCUT2D eigenvalue weighted by Crippen LogP contribution is -2.26. The summed E-state index contributed by atoms with van der Waals surface area (Å²) < 4.78 is 35.9. The Hall–Kier alpha value is -4.34. The highest BCUT2D eigenvalue weighted by molar-refractivity contribution is 5.78. The van der Waals surface area contributed by atoms with Crippen LogP contribution in [0.5, 0.6) is 5.75 Å². The summed E-state index contributed by atoms with van der Waals surface area (Å²) in [5.74, 6) is -0.377. The quantitative estimate of drug-likeness (QED) is 0.423. The Kier molecular flexibility index (Phi) is 5.20. The Morgan fingerprint density at radius 3 is 2.56 bits per heavy atom. The number of nitrogens with one attached hydrogen (secondary N) is 1. The molecular formula is C24H20F2N6O2. The minimum atomic E-state index is -0.721. The second-order valence-electron chi connectivity index (χ2n) is 7.93. The average Bonchev–Trinajstić information content (AvgIpc) is 3.45. The van der Waals surface area contributed by atoms with Crippen molar-refractivity contribution in [1.29, 1.82) is 0 Å². The Morgan fingerprint density at radius 1 is 1.12 bits per heavy atom. The fourth-order valence-corrected chi connectivity index (χ4v) is 3.89. The van der Waals surface area contributed by atoms with Crippen molar-refractivity contribution in [3.05, 3.63) is 88.4 Å². The normalized spacial score (nSPS) is 12.3. The van der Waals surface area contributed by atoms with E-state index in [0.29, 0.717) is 22.7 Å². The summed E-state index contributed by atoms with van der Waals surface area (Å²) in [4.78, 5) is 25.0. The number of aromatic amines is 1. The number of aromatic nitrogens is 6. The van der Waals surface area contributed by atoms with Crippen molar-refractivity contribution in [3.8, 4) is 22.8 Å². The Morgan fingerprint density at radius 2 is 1.88 bits per heavy atom. The lowest BCUT2D eigenvalue weighted by atomic mass is 10.1. The first-order valence-corrected chi connectivity index (χ1v) is 10.5. The predicted molar refractivity (Wildman–Crippen MR) is 122 cm³/mol. The second kappa shape index (κ2) is 8.22. The van der Waals surface area contributed by atoms with Crippen molar-refractivity contribution < 1.29 is 13.5 Å². The van der Waals surface area contributed by atoms with E-state index in [1.165, 1.54) is 18.3 Å². The zero-order valence-corrected chi connectivity index (χ0v) is 18.6. The van der Waals surface area contributed by atoms with Gasteiger partial charge in [0.05, 0.1) is 42.6 Å². The SMILES string of the molecule is COc1cc(-c2nc3c(=O)n(C(C)c4cc(F)cc(F)c4)ncc3[nH]2)ccc1-n1cnc(C)c1. The fourth-order valence-electron chi connectivity index (χ4n) is 3.89. The molecular weight excluding hydrogens is 442 g/mol. The van der Waals surface area contributed by atoms with Crippen molar-refractivity contribution >= 4 is 11.0 Å². The maximum Gasteiger partial charge on any atom is 0.295 e. The molecule has 0 saturated carbocycles. The fraction of sp³-hybridized carbons (Fsp3) is 0.167. The molecule has 2 aromatic carbocycles. The molecule has 0 aliphatic carbocycles. The van der Waals surface area contributed by atoms with Crippen molar-refractivity contribution in [3.63, 3.8) is 0 Å². The maximum absolute atomic E-state index is 13.7. The van der Waals surface area contributed by atoms with Crippen LogP contribution in [0.4, 0.5) is 8.78 Å². The number of nitrogens with zero attached hydrogens (tertiary/aromatic N) is 5. The number of methoxy groups -OCH3 is 1. The van der Waals surface area contributed by atoms with E-state index in [0.717, 1.165) is 22.1 Å². The van der Waals surface area contributed by atoms with Crippen LogP contribution < -0.4 is 10.3 Å². The average molecular weight is 462 g/mol. The van der Waals surface area contributed by atoms with E-state index in [2.05, 4.69) is 20.1 Å². The van der Waals surface area contributed by atoms with Crippen LogP contribution >= 0.6 is 0 Å². The summed E-state index contributed by atoms with van der Waals surface area (Å²) in [6, 6.07) is 7.99. The number of ether oxygens (including phenoxy) is 1. The predicted octanol–water partition coefficient (Wildman–Crippen LogP) is 4.18. The molecule has 1 atom stereocenters. The molecule has 34 heavy (non-hydrogen) atoms. The molecule has 1 unspecified atom stereocenters. The van der Waals surface area contributed by atoms with E-state index >= 15 is 0 Å². The van der Waals surface area contributed by atoms with Gasteiger partial charge in [0, 0.05) is 17.8 Å². The number of H-pyrrole nitrogens is 1. The van der Waals surface area contributed by atoms with E-state index in [9.17, 15) is 13.6 Å². The van der Waals surface area contributed by atoms with Gasteiger partial charge in [0.15, 0.2) is 5.52 Å². The van der Waals surface area contributed by atoms with Crippen LogP contribution in [0.3, 0.4) is 0 Å². The molecule has 10 heteroatoms. The minimum absolute atomic E-state index is 0.169. The minimum Gasteiger partial charge on any atom is -0.495 e. The molecule has 0 spiro atoms. The molecule has 0 bridgehead atoms. The number of hydrogen-bond acceptors (Lipinski definition) is 5. The van der Waals surface area contributed by atoms with E-state index in [1.54, 1.807) is 20.4 Å². The van der Waals surface area contributed by atoms with Gasteiger partial charge >= 0.3 is 0 Å². The number of aryl methyl sites for hydroxylation is 1. The summed E-state index contributed by atoms with van der Waals surface area (Å²) >= 11 is 0. The van der Waals surface area contributed by atoms with Gasteiger partial charge in [0.2, 0.25) is 0 Å². The van der Waals surface area contributed by atoms with Crippen LogP contribution in [-0.2, 0) is 0 Å². The first kappa shape index (κ1) is 21.5. The summed E-state index contributed by atoms with van der Waals surface area (Å²) in [6.07, 6.45) is 5.06. The van der Waals surface area contributed by atoms with Crippen molar-refractivity contribution in [2.45, 2.75) is 19.9 Å². The van der Waals surface area contributed by atoms with Gasteiger partial charge in [0.1, 0.15) is 23.2 Å². The molecule has 172 valence electrons. The molecule has 0 aliphatic rings. The number of rotatable bonds is 5. The van der Waals surface area contributed by atoms with Gasteiger partial charge in [-0.25, -0.2) is 23.4 Å². The molecule has 5 rings (SSSR count). The monoisotopic (exact) mass is 462 g/mol. The summed E-state index contributed by atoms with van der Waals surface area (Å²) in [5.41, 5.74) is 2.82. The highest BCUT2D eigenvalue weighted by Crippen LogP contribution is 2.29. The number of imidazole rings is 2. The lowest BCUT2D eigenvalue weighted by molar-refractivity contribution is 0.413. The highest BCUT2D eigenvalue weighted by atomic mass is 19.1. The third-order valence-electron chi connectivity index (χ3n) is 5.63. The smallest absolute Gasteiger partial charge is 0.295 e. The van der Waals surface area contributed by atoms with Crippen LogP contribution in [0.15, 0.2) is 59.9 Å². The van der Waals surface area contributed by atoms with Crippen LogP contribution in [0.25, 0.3) is 28.1 Å². The summed E-state index contributed by atoms with van der Waals surface area (Å²) in [7, 11) is 1.57. The van der Waals surface area contributed by atoms with Crippen molar-refractivity contribution in [2.24, 2.45) is 0 Å². The van der Waals surface area contributed by atoms with Gasteiger partial charge in [-0.15, -0.1) is 0 Å². The third kappa shape index (κ3) is 3.72. The second-order valence-corrected chi connectivity index (χ2v) is 7.93. The molecule has 0 radical (unpaired) electrons. The molecule has 0 aliphatic heterocycles. The molecule has 0 amide bonds. The van der Waals surface area contributed by atoms with E-state index in [4.69, 9.17) is 4.74 Å². The Bertz CT molecular complexity index is 1570. The molecule has 3 heterocycles. The van der Waals surface area contributed by atoms with Gasteiger partial charge in [-0.1, -0.05) is 0 Å². The van der Waals surface area contributed by atoms with Crippen LogP contribution in [0.2, 0.25) is 0 Å². The molecule has 5 aromatic rings. The van der Waals surface area contributed by atoms with E-state index in [-0.39, 0.29) is 11.1 Å². The number of benzene rings is 2. The summed E-state index contributed by atoms with van der Waals surface area (Å²) in [6.45, 7) is 3.54. The Balaban J connectivity index is 1.55. The van der Waals surface area contributed by atoms with Crippen molar-refractivity contribution in [2.75, 3.05) is 7.11 Å².